The van der Waals surface area contributed by atoms with Crippen LogP contribution in [0.4, 0.5) is 20.6 Å². The number of amides is 3. The second-order valence-corrected chi connectivity index (χ2v) is 7.90. The van der Waals surface area contributed by atoms with Gasteiger partial charge in [-0.3, -0.25) is 9.78 Å². The van der Waals surface area contributed by atoms with Crippen molar-refractivity contribution in [3.05, 3.63) is 90.0 Å². The second-order valence-electron chi connectivity index (χ2n) is 7.90. The SMILES string of the molecule is O=C(c1ccncc1)N1C[C@H]2[C@@H](c3ccccc31)[C@@H](CO)N2C(=O)Nc1cccc(F)c1. The van der Waals surface area contributed by atoms with Gasteiger partial charge in [-0.25, -0.2) is 9.18 Å². The summed E-state index contributed by atoms with van der Waals surface area (Å²) in [5.41, 5.74) is 2.53. The quantitative estimate of drug-likeness (QED) is 0.665. The Morgan fingerprint density at radius 1 is 1.09 bits per heavy atom. The predicted molar refractivity (Wildman–Crippen MR) is 117 cm³/mol. The zero-order chi connectivity index (χ0) is 22.2. The lowest BCUT2D eigenvalue weighted by Gasteiger charge is -2.58. The molecule has 3 atom stereocenters. The fourth-order valence-corrected chi connectivity index (χ4v) is 4.76. The Labute approximate surface area is 184 Å². The lowest BCUT2D eigenvalue weighted by molar-refractivity contribution is -0.00265. The number of fused-ring (bicyclic) bond motifs is 3. The first-order chi connectivity index (χ1) is 15.6. The third kappa shape index (κ3) is 3.29. The predicted octanol–water partition coefficient (Wildman–Crippen LogP) is 3.24. The van der Waals surface area contributed by atoms with Gasteiger partial charge in [0.05, 0.1) is 18.7 Å². The van der Waals surface area contributed by atoms with Gasteiger partial charge in [0.15, 0.2) is 0 Å². The van der Waals surface area contributed by atoms with Gasteiger partial charge in [0.1, 0.15) is 5.82 Å². The van der Waals surface area contributed by atoms with E-state index in [4.69, 9.17) is 0 Å². The summed E-state index contributed by atoms with van der Waals surface area (Å²) < 4.78 is 13.5. The molecule has 2 aliphatic rings. The first kappa shape index (κ1) is 20.1. The molecule has 3 amide bonds. The monoisotopic (exact) mass is 432 g/mol. The molecule has 1 saturated heterocycles. The fraction of sp³-hybridized carbons (Fsp3) is 0.208. The van der Waals surface area contributed by atoms with Crippen molar-refractivity contribution in [1.29, 1.82) is 0 Å². The van der Waals surface area contributed by atoms with E-state index in [1.165, 1.54) is 18.2 Å². The van der Waals surface area contributed by atoms with Crippen LogP contribution in [0.3, 0.4) is 0 Å². The Bertz CT molecular complexity index is 1170. The van der Waals surface area contributed by atoms with Gasteiger partial charge in [0, 0.05) is 41.8 Å². The summed E-state index contributed by atoms with van der Waals surface area (Å²) in [7, 11) is 0. The molecule has 2 aliphatic heterocycles. The van der Waals surface area contributed by atoms with Crippen LogP contribution in [-0.4, -0.2) is 52.2 Å². The summed E-state index contributed by atoms with van der Waals surface area (Å²) in [6, 6.07) is 15.3. The maximum Gasteiger partial charge on any atom is 0.322 e. The lowest BCUT2D eigenvalue weighted by Crippen LogP contribution is -2.71. The summed E-state index contributed by atoms with van der Waals surface area (Å²) in [6.07, 6.45) is 3.13. The minimum atomic E-state index is -0.455. The van der Waals surface area contributed by atoms with Crippen molar-refractivity contribution in [2.45, 2.75) is 18.0 Å². The van der Waals surface area contributed by atoms with Gasteiger partial charge >= 0.3 is 6.03 Å². The third-order valence-electron chi connectivity index (χ3n) is 6.17. The number of urea groups is 1. The molecule has 0 bridgehead atoms. The van der Waals surface area contributed by atoms with E-state index < -0.39 is 17.9 Å². The number of aromatic nitrogens is 1. The van der Waals surface area contributed by atoms with Gasteiger partial charge in [0.25, 0.3) is 5.91 Å². The average Bonchev–Trinajstić information content (AvgIpc) is 2.79. The normalized spacial score (nSPS) is 21.2. The fourth-order valence-electron chi connectivity index (χ4n) is 4.76. The van der Waals surface area contributed by atoms with Crippen LogP contribution in [0.2, 0.25) is 0 Å². The highest BCUT2D eigenvalue weighted by Crippen LogP contribution is 2.48. The number of halogens is 1. The van der Waals surface area contributed by atoms with Crippen LogP contribution in [0.25, 0.3) is 0 Å². The number of hydrogen-bond acceptors (Lipinski definition) is 4. The highest BCUT2D eigenvalue weighted by Gasteiger charge is 2.55. The number of pyridine rings is 1. The summed E-state index contributed by atoms with van der Waals surface area (Å²) >= 11 is 0. The largest absolute Gasteiger partial charge is 0.394 e. The van der Waals surface area contributed by atoms with Gasteiger partial charge in [-0.1, -0.05) is 24.3 Å². The van der Waals surface area contributed by atoms with E-state index in [-0.39, 0.29) is 31.0 Å². The molecule has 162 valence electrons. The molecule has 2 N–H and O–H groups in total. The molecule has 5 rings (SSSR count). The Balaban J connectivity index is 1.47. The highest BCUT2D eigenvalue weighted by molar-refractivity contribution is 6.07. The third-order valence-corrected chi connectivity index (χ3v) is 6.17. The van der Waals surface area contributed by atoms with Crippen molar-refractivity contribution < 1.29 is 19.1 Å². The minimum absolute atomic E-state index is 0.101. The van der Waals surface area contributed by atoms with Crippen LogP contribution in [0.1, 0.15) is 21.8 Å². The molecular formula is C24H21FN4O3. The number of anilines is 2. The van der Waals surface area contributed by atoms with Gasteiger partial charge in [-0.15, -0.1) is 0 Å². The molecule has 0 radical (unpaired) electrons. The zero-order valence-corrected chi connectivity index (χ0v) is 17.1. The standard InChI is InChI=1S/C24H21FN4O3/c25-16-4-3-5-17(12-16)27-24(32)29-20-13-28(23(31)15-8-10-26-11-9-15)19-7-2-1-6-18(19)22(20)21(29)14-30/h1-12,20-22,30H,13-14H2,(H,27,32)/t20-,21+,22+/m0/s1. The van der Waals surface area contributed by atoms with Crippen molar-refractivity contribution >= 4 is 23.3 Å². The molecule has 0 aliphatic carbocycles. The number of benzene rings is 2. The Kier molecular flexibility index (Phi) is 5.07. The summed E-state index contributed by atoms with van der Waals surface area (Å²) in [5.74, 6) is -0.740. The van der Waals surface area contributed by atoms with Crippen molar-refractivity contribution in [2.75, 3.05) is 23.4 Å². The number of nitrogens with one attached hydrogen (secondary N) is 1. The van der Waals surface area contributed by atoms with E-state index in [1.54, 1.807) is 40.4 Å². The minimum Gasteiger partial charge on any atom is -0.394 e. The molecule has 0 unspecified atom stereocenters. The molecule has 32 heavy (non-hydrogen) atoms. The Hall–Kier alpha value is -3.78. The van der Waals surface area contributed by atoms with Gasteiger partial charge in [-0.2, -0.15) is 0 Å². The van der Waals surface area contributed by atoms with Crippen molar-refractivity contribution in [1.82, 2.24) is 9.88 Å². The molecule has 0 spiro atoms. The Morgan fingerprint density at radius 3 is 2.62 bits per heavy atom. The molecule has 8 heteroatoms. The van der Waals surface area contributed by atoms with Crippen LogP contribution >= 0.6 is 0 Å². The molecular weight excluding hydrogens is 411 g/mol. The molecule has 2 aromatic carbocycles. The lowest BCUT2D eigenvalue weighted by atomic mass is 9.72. The smallest absolute Gasteiger partial charge is 0.322 e. The second kappa shape index (κ2) is 8.05. The summed E-state index contributed by atoms with van der Waals surface area (Å²) in [5, 5.41) is 12.8. The number of carbonyl (C=O) groups excluding carboxylic acids is 2. The zero-order valence-electron chi connectivity index (χ0n) is 17.1. The van der Waals surface area contributed by atoms with E-state index in [0.29, 0.717) is 11.3 Å². The number of carbonyl (C=O) groups is 2. The first-order valence-corrected chi connectivity index (χ1v) is 10.3. The van der Waals surface area contributed by atoms with Crippen LogP contribution in [0.5, 0.6) is 0 Å². The van der Waals surface area contributed by atoms with Crippen molar-refractivity contribution in [3.63, 3.8) is 0 Å². The molecule has 3 heterocycles. The van der Waals surface area contributed by atoms with E-state index in [9.17, 15) is 19.1 Å². The number of rotatable bonds is 3. The molecule has 1 aromatic heterocycles. The molecule has 1 fully saturated rings. The number of hydrogen-bond donors (Lipinski definition) is 2. The van der Waals surface area contributed by atoms with Crippen LogP contribution in [-0.2, 0) is 0 Å². The van der Waals surface area contributed by atoms with E-state index in [2.05, 4.69) is 10.3 Å². The molecule has 0 saturated carbocycles. The summed E-state index contributed by atoms with van der Waals surface area (Å²) in [6.45, 7) is 0.0697. The van der Waals surface area contributed by atoms with Gasteiger partial charge in [-0.05, 0) is 42.0 Å². The number of aliphatic hydroxyl groups excluding tert-OH is 1. The van der Waals surface area contributed by atoms with Crippen molar-refractivity contribution in [2.24, 2.45) is 0 Å². The molecule has 3 aromatic rings. The number of aliphatic hydroxyl groups is 1. The number of nitrogens with zero attached hydrogens (tertiary/aromatic N) is 3. The number of para-hydroxylation sites is 1. The Morgan fingerprint density at radius 2 is 1.88 bits per heavy atom. The van der Waals surface area contributed by atoms with Crippen LogP contribution in [0.15, 0.2) is 73.1 Å². The summed E-state index contributed by atoms with van der Waals surface area (Å²) in [4.78, 5) is 33.5. The van der Waals surface area contributed by atoms with Crippen LogP contribution in [0, 0.1) is 5.82 Å². The average molecular weight is 432 g/mol. The highest BCUT2D eigenvalue weighted by atomic mass is 19.1. The topological polar surface area (TPSA) is 85.8 Å². The first-order valence-electron chi connectivity index (χ1n) is 10.3. The van der Waals surface area contributed by atoms with Crippen molar-refractivity contribution in [3.8, 4) is 0 Å². The maximum atomic E-state index is 13.5. The van der Waals surface area contributed by atoms with E-state index in [0.717, 1.165) is 11.3 Å². The van der Waals surface area contributed by atoms with Gasteiger partial charge < -0.3 is 20.2 Å². The van der Waals surface area contributed by atoms with Gasteiger partial charge in [0.2, 0.25) is 0 Å². The van der Waals surface area contributed by atoms with Crippen LogP contribution < -0.4 is 10.2 Å². The van der Waals surface area contributed by atoms with E-state index >= 15 is 0 Å². The van der Waals surface area contributed by atoms with E-state index in [1.807, 2.05) is 24.3 Å². The number of likely N-dealkylation sites (tertiary alicyclic amines) is 1. The maximum absolute atomic E-state index is 13.5. The molecule has 7 nitrogen and oxygen atoms in total.